The molecule has 3 nitrogen and oxygen atoms in total. The molecule has 0 N–H and O–H groups in total. The average molecular weight is 320 g/mol. The highest BCUT2D eigenvalue weighted by atomic mass is 79.9. The van der Waals surface area contributed by atoms with Crippen molar-refractivity contribution in [3.63, 3.8) is 0 Å². The van der Waals surface area contributed by atoms with E-state index in [1.807, 2.05) is 25.1 Å². The second-order valence-corrected chi connectivity index (χ2v) is 5.13. The molecular weight excluding hydrogens is 306 g/mol. The summed E-state index contributed by atoms with van der Waals surface area (Å²) in [6, 6.07) is 9.21. The van der Waals surface area contributed by atoms with Crippen LogP contribution in [-0.4, -0.2) is 17.9 Å². The standard InChI is InChI=1S/C15H14BrNO2/c1-10-4-3-7-17-13(10)9-14(18)12-6-5-11(16)8-15(12)19-2/h3-8H,9H2,1-2H3. The molecule has 0 amide bonds. The van der Waals surface area contributed by atoms with Crippen LogP contribution in [0, 0.1) is 6.92 Å². The number of methoxy groups -OCH3 is 1. The van der Waals surface area contributed by atoms with Crippen molar-refractivity contribution >= 4 is 21.7 Å². The molecule has 0 aliphatic carbocycles. The van der Waals surface area contributed by atoms with E-state index in [0.717, 1.165) is 15.7 Å². The molecule has 0 atom stereocenters. The maximum atomic E-state index is 12.3. The number of aryl methyl sites for hydroxylation is 1. The molecule has 2 aromatic rings. The quantitative estimate of drug-likeness (QED) is 0.808. The van der Waals surface area contributed by atoms with Crippen LogP contribution in [0.1, 0.15) is 21.6 Å². The number of ether oxygens (including phenoxy) is 1. The van der Waals surface area contributed by atoms with Crippen molar-refractivity contribution in [2.24, 2.45) is 0 Å². The maximum Gasteiger partial charge on any atom is 0.172 e. The first-order chi connectivity index (χ1) is 9.11. The smallest absolute Gasteiger partial charge is 0.172 e. The SMILES string of the molecule is COc1cc(Br)ccc1C(=O)Cc1ncccc1C. The number of ketones is 1. The van der Waals surface area contributed by atoms with Crippen molar-refractivity contribution in [3.8, 4) is 5.75 Å². The fourth-order valence-corrected chi connectivity index (χ4v) is 2.19. The van der Waals surface area contributed by atoms with Gasteiger partial charge < -0.3 is 4.74 Å². The number of pyridine rings is 1. The number of hydrogen-bond donors (Lipinski definition) is 0. The van der Waals surface area contributed by atoms with Gasteiger partial charge in [0.25, 0.3) is 0 Å². The Labute approximate surface area is 120 Å². The van der Waals surface area contributed by atoms with Gasteiger partial charge in [0.15, 0.2) is 5.78 Å². The lowest BCUT2D eigenvalue weighted by molar-refractivity contribution is 0.0989. The summed E-state index contributed by atoms with van der Waals surface area (Å²) >= 11 is 3.36. The topological polar surface area (TPSA) is 39.2 Å². The monoisotopic (exact) mass is 319 g/mol. The minimum atomic E-state index is 0.00569. The van der Waals surface area contributed by atoms with Crippen LogP contribution in [0.3, 0.4) is 0 Å². The van der Waals surface area contributed by atoms with Crippen molar-refractivity contribution in [1.82, 2.24) is 4.98 Å². The van der Waals surface area contributed by atoms with Crippen LogP contribution in [-0.2, 0) is 6.42 Å². The van der Waals surface area contributed by atoms with E-state index in [9.17, 15) is 4.79 Å². The van der Waals surface area contributed by atoms with E-state index in [1.54, 1.807) is 25.4 Å². The second-order valence-electron chi connectivity index (χ2n) is 4.21. The summed E-state index contributed by atoms with van der Waals surface area (Å²) in [5.41, 5.74) is 2.40. The van der Waals surface area contributed by atoms with Crippen molar-refractivity contribution < 1.29 is 9.53 Å². The summed E-state index contributed by atoms with van der Waals surface area (Å²) in [6.45, 7) is 1.95. The van der Waals surface area contributed by atoms with Gasteiger partial charge in [0.05, 0.1) is 24.8 Å². The van der Waals surface area contributed by atoms with Gasteiger partial charge in [0.2, 0.25) is 0 Å². The van der Waals surface area contributed by atoms with Crippen molar-refractivity contribution in [3.05, 3.63) is 57.8 Å². The lowest BCUT2D eigenvalue weighted by Gasteiger charge is -2.09. The highest BCUT2D eigenvalue weighted by molar-refractivity contribution is 9.10. The molecule has 0 saturated heterocycles. The molecule has 0 spiro atoms. The Hall–Kier alpha value is -1.68. The molecule has 19 heavy (non-hydrogen) atoms. The Morgan fingerprint density at radius 3 is 2.84 bits per heavy atom. The van der Waals surface area contributed by atoms with Crippen LogP contribution in [0.4, 0.5) is 0 Å². The Bertz CT molecular complexity index is 611. The first-order valence-corrected chi connectivity index (χ1v) is 6.68. The Morgan fingerprint density at radius 2 is 2.16 bits per heavy atom. The highest BCUT2D eigenvalue weighted by Crippen LogP contribution is 2.24. The minimum Gasteiger partial charge on any atom is -0.496 e. The first kappa shape index (κ1) is 13.7. The fourth-order valence-electron chi connectivity index (χ4n) is 1.85. The van der Waals surface area contributed by atoms with Crippen LogP contribution in [0.15, 0.2) is 41.0 Å². The molecule has 0 bridgehead atoms. The molecule has 1 heterocycles. The molecule has 98 valence electrons. The zero-order valence-corrected chi connectivity index (χ0v) is 12.4. The van der Waals surface area contributed by atoms with E-state index in [0.29, 0.717) is 11.3 Å². The lowest BCUT2D eigenvalue weighted by atomic mass is 10.0. The van der Waals surface area contributed by atoms with Crippen LogP contribution in [0.2, 0.25) is 0 Å². The predicted octanol–water partition coefficient (Wildman–Crippen LogP) is 3.59. The Balaban J connectivity index is 2.28. The number of nitrogens with zero attached hydrogens (tertiary/aromatic N) is 1. The Morgan fingerprint density at radius 1 is 1.37 bits per heavy atom. The van der Waals surface area contributed by atoms with Crippen LogP contribution in [0.5, 0.6) is 5.75 Å². The summed E-state index contributed by atoms with van der Waals surface area (Å²) in [4.78, 5) is 16.6. The summed E-state index contributed by atoms with van der Waals surface area (Å²) < 4.78 is 6.13. The summed E-state index contributed by atoms with van der Waals surface area (Å²) in [6.07, 6.45) is 1.99. The van der Waals surface area contributed by atoms with Crippen LogP contribution >= 0.6 is 15.9 Å². The number of aromatic nitrogens is 1. The molecular formula is C15H14BrNO2. The van der Waals surface area contributed by atoms with E-state index >= 15 is 0 Å². The van der Waals surface area contributed by atoms with Gasteiger partial charge in [-0.25, -0.2) is 0 Å². The van der Waals surface area contributed by atoms with Crippen LogP contribution < -0.4 is 4.74 Å². The number of hydrogen-bond acceptors (Lipinski definition) is 3. The molecule has 0 unspecified atom stereocenters. The second kappa shape index (κ2) is 5.97. The van der Waals surface area contributed by atoms with E-state index in [-0.39, 0.29) is 12.2 Å². The summed E-state index contributed by atoms with van der Waals surface area (Å²) in [5.74, 6) is 0.583. The van der Waals surface area contributed by atoms with E-state index < -0.39 is 0 Å². The molecule has 1 aromatic carbocycles. The number of carbonyl (C=O) groups is 1. The third-order valence-corrected chi connectivity index (χ3v) is 3.40. The average Bonchev–Trinajstić information content (AvgIpc) is 2.41. The summed E-state index contributed by atoms with van der Waals surface area (Å²) in [5, 5.41) is 0. The fraction of sp³-hybridized carbons (Fsp3) is 0.200. The highest BCUT2D eigenvalue weighted by Gasteiger charge is 2.14. The minimum absolute atomic E-state index is 0.00569. The van der Waals surface area contributed by atoms with Crippen LogP contribution in [0.25, 0.3) is 0 Å². The van der Waals surface area contributed by atoms with Gasteiger partial charge in [-0.05, 0) is 36.8 Å². The number of carbonyl (C=O) groups excluding carboxylic acids is 1. The summed E-state index contributed by atoms with van der Waals surface area (Å²) in [7, 11) is 1.56. The molecule has 0 aliphatic rings. The largest absolute Gasteiger partial charge is 0.496 e. The zero-order valence-electron chi connectivity index (χ0n) is 10.8. The Kier molecular flexibility index (Phi) is 4.32. The number of Topliss-reactive ketones (excluding diaryl/α,β-unsaturated/α-hetero) is 1. The molecule has 0 fully saturated rings. The van der Waals surface area contributed by atoms with Gasteiger partial charge in [-0.2, -0.15) is 0 Å². The zero-order chi connectivity index (χ0) is 13.8. The normalized spacial score (nSPS) is 10.3. The van der Waals surface area contributed by atoms with Gasteiger partial charge in [-0.1, -0.05) is 22.0 Å². The third kappa shape index (κ3) is 3.20. The molecule has 2 rings (SSSR count). The molecule has 0 saturated carbocycles. The van der Waals surface area contributed by atoms with E-state index in [2.05, 4.69) is 20.9 Å². The number of benzene rings is 1. The van der Waals surface area contributed by atoms with Crippen molar-refractivity contribution in [2.45, 2.75) is 13.3 Å². The van der Waals surface area contributed by atoms with Gasteiger partial charge >= 0.3 is 0 Å². The number of halogens is 1. The molecule has 0 radical (unpaired) electrons. The maximum absolute atomic E-state index is 12.3. The lowest BCUT2D eigenvalue weighted by Crippen LogP contribution is -2.08. The van der Waals surface area contributed by atoms with Crippen molar-refractivity contribution in [2.75, 3.05) is 7.11 Å². The molecule has 0 aliphatic heterocycles. The van der Waals surface area contributed by atoms with Gasteiger partial charge in [-0.3, -0.25) is 9.78 Å². The third-order valence-electron chi connectivity index (χ3n) is 2.91. The molecule has 4 heteroatoms. The first-order valence-electron chi connectivity index (χ1n) is 5.89. The predicted molar refractivity (Wildman–Crippen MR) is 77.7 cm³/mol. The van der Waals surface area contributed by atoms with Gasteiger partial charge in [0, 0.05) is 10.7 Å². The molecule has 1 aromatic heterocycles. The van der Waals surface area contributed by atoms with E-state index in [1.165, 1.54) is 0 Å². The van der Waals surface area contributed by atoms with Crippen molar-refractivity contribution in [1.29, 1.82) is 0 Å². The van der Waals surface area contributed by atoms with E-state index in [4.69, 9.17) is 4.74 Å². The van der Waals surface area contributed by atoms with Gasteiger partial charge in [0.1, 0.15) is 5.75 Å². The number of rotatable bonds is 4. The van der Waals surface area contributed by atoms with Gasteiger partial charge in [-0.15, -0.1) is 0 Å².